The molecule has 19 heavy (non-hydrogen) atoms. The minimum absolute atomic E-state index is 0. The lowest BCUT2D eigenvalue weighted by Gasteiger charge is -2.05. The molecular formula is C15H35NO3. The number of carbonyl (C=O) groups is 1. The van der Waals surface area contributed by atoms with Crippen LogP contribution in [-0.2, 0) is 9.53 Å². The van der Waals surface area contributed by atoms with Gasteiger partial charge in [0.05, 0.1) is 0 Å². The molecule has 4 heteroatoms. The van der Waals surface area contributed by atoms with Gasteiger partial charge in [0.15, 0.2) is 0 Å². The van der Waals surface area contributed by atoms with E-state index in [9.17, 15) is 4.79 Å². The molecule has 4 nitrogen and oxygen atoms in total. The molecule has 1 amide bonds. The fourth-order valence-corrected chi connectivity index (χ4v) is 1.39. The van der Waals surface area contributed by atoms with E-state index >= 15 is 0 Å². The molecule has 0 fully saturated rings. The van der Waals surface area contributed by atoms with Crippen LogP contribution in [0.1, 0.15) is 67.1 Å². The van der Waals surface area contributed by atoms with E-state index < -0.39 is 0 Å². The lowest BCUT2D eigenvalue weighted by atomic mass is 10.2. The third kappa shape index (κ3) is 23.0. The summed E-state index contributed by atoms with van der Waals surface area (Å²) >= 11 is 0. The van der Waals surface area contributed by atoms with Crippen LogP contribution in [0.4, 0.5) is 0 Å². The molecular weight excluding hydrogens is 242 g/mol. The summed E-state index contributed by atoms with van der Waals surface area (Å²) in [6, 6.07) is 0. The molecule has 0 aliphatic rings. The molecule has 0 saturated heterocycles. The third-order valence-electron chi connectivity index (χ3n) is 2.30. The first-order valence-corrected chi connectivity index (χ1v) is 7.68. The van der Waals surface area contributed by atoms with Crippen molar-refractivity contribution >= 4 is 5.91 Å². The van der Waals surface area contributed by atoms with Crippen molar-refractivity contribution in [2.45, 2.75) is 65.7 Å². The fourth-order valence-electron chi connectivity index (χ4n) is 1.39. The van der Waals surface area contributed by atoms with Gasteiger partial charge in [-0.25, -0.2) is 0 Å². The number of aliphatic hydroxyl groups is 1. The Morgan fingerprint density at radius 3 is 2.32 bits per heavy atom. The maximum Gasteiger partial charge on any atom is 0.220 e. The van der Waals surface area contributed by atoms with Gasteiger partial charge in [0.1, 0.15) is 0 Å². The van der Waals surface area contributed by atoms with E-state index in [0.717, 1.165) is 38.6 Å². The van der Waals surface area contributed by atoms with E-state index in [-0.39, 0.29) is 13.9 Å². The molecule has 0 aliphatic heterocycles. The Hall–Kier alpha value is -0.610. The number of carbonyl (C=O) groups excluding carboxylic acids is 1. The molecule has 0 aromatic rings. The van der Waals surface area contributed by atoms with Crippen LogP contribution < -0.4 is 5.32 Å². The first-order chi connectivity index (χ1) is 9.22. The van der Waals surface area contributed by atoms with Crippen LogP contribution in [-0.4, -0.2) is 37.4 Å². The molecule has 0 aliphatic carbocycles. The summed E-state index contributed by atoms with van der Waals surface area (Å²) in [7, 11) is 0. The van der Waals surface area contributed by atoms with Gasteiger partial charge < -0.3 is 15.2 Å². The SMILES string of the molecule is CCC.CCOCCCC(=O)NCCCCCCO.[HH]. The number of rotatable bonds is 11. The van der Waals surface area contributed by atoms with Gasteiger partial charge in [-0.3, -0.25) is 4.79 Å². The van der Waals surface area contributed by atoms with Crippen molar-refractivity contribution in [1.82, 2.24) is 5.32 Å². The van der Waals surface area contributed by atoms with Crippen molar-refractivity contribution in [3.05, 3.63) is 0 Å². The summed E-state index contributed by atoms with van der Waals surface area (Å²) in [5.41, 5.74) is 0. The Labute approximate surface area is 120 Å². The second kappa shape index (κ2) is 19.7. The zero-order chi connectivity index (χ0) is 14.8. The van der Waals surface area contributed by atoms with Crippen LogP contribution in [0.2, 0.25) is 0 Å². The van der Waals surface area contributed by atoms with Crippen LogP contribution in [0.25, 0.3) is 0 Å². The number of nitrogens with one attached hydrogen (secondary N) is 1. The van der Waals surface area contributed by atoms with Gasteiger partial charge in [-0.05, 0) is 26.2 Å². The van der Waals surface area contributed by atoms with Gasteiger partial charge in [-0.1, -0.05) is 33.1 Å². The van der Waals surface area contributed by atoms with Gasteiger partial charge in [0.25, 0.3) is 0 Å². The van der Waals surface area contributed by atoms with Gasteiger partial charge in [-0.15, -0.1) is 0 Å². The number of unbranched alkanes of at least 4 members (excludes halogenated alkanes) is 3. The highest BCUT2D eigenvalue weighted by molar-refractivity contribution is 5.75. The minimum Gasteiger partial charge on any atom is -0.396 e. The summed E-state index contributed by atoms with van der Waals surface area (Å²) in [5.74, 6) is 0.113. The van der Waals surface area contributed by atoms with Crippen molar-refractivity contribution in [2.24, 2.45) is 0 Å². The number of amides is 1. The zero-order valence-electron chi connectivity index (χ0n) is 13.0. The smallest absolute Gasteiger partial charge is 0.220 e. The van der Waals surface area contributed by atoms with Crippen molar-refractivity contribution < 1.29 is 16.1 Å². The van der Waals surface area contributed by atoms with E-state index in [1.165, 1.54) is 6.42 Å². The normalized spacial score (nSPS) is 9.68. The fraction of sp³-hybridized carbons (Fsp3) is 0.933. The minimum atomic E-state index is 0. The largest absolute Gasteiger partial charge is 0.396 e. The Morgan fingerprint density at radius 2 is 1.74 bits per heavy atom. The molecule has 0 unspecified atom stereocenters. The summed E-state index contributed by atoms with van der Waals surface area (Å²) in [6.07, 6.45) is 6.57. The number of hydrogen-bond acceptors (Lipinski definition) is 3. The molecule has 0 saturated carbocycles. The van der Waals surface area contributed by atoms with Crippen LogP contribution in [0, 0.1) is 0 Å². The highest BCUT2D eigenvalue weighted by atomic mass is 16.5. The van der Waals surface area contributed by atoms with Gasteiger partial charge in [0.2, 0.25) is 5.91 Å². The van der Waals surface area contributed by atoms with Crippen LogP contribution in [0.5, 0.6) is 0 Å². The Kier molecular flexibility index (Phi) is 21.5. The topological polar surface area (TPSA) is 58.6 Å². The molecule has 0 aromatic carbocycles. The molecule has 2 N–H and O–H groups in total. The van der Waals surface area contributed by atoms with Gasteiger partial charge in [0, 0.05) is 34.2 Å². The lowest BCUT2D eigenvalue weighted by molar-refractivity contribution is -0.121. The average Bonchev–Trinajstić information content (AvgIpc) is 2.40. The predicted molar refractivity (Wildman–Crippen MR) is 82.4 cm³/mol. The molecule has 0 heterocycles. The third-order valence-corrected chi connectivity index (χ3v) is 2.30. The van der Waals surface area contributed by atoms with Crippen molar-refractivity contribution in [1.29, 1.82) is 0 Å². The molecule has 0 radical (unpaired) electrons. The summed E-state index contributed by atoms with van der Waals surface area (Å²) in [4.78, 5) is 11.3. The summed E-state index contributed by atoms with van der Waals surface area (Å²) in [6.45, 7) is 8.60. The first-order valence-electron chi connectivity index (χ1n) is 7.68. The van der Waals surface area contributed by atoms with Crippen LogP contribution >= 0.6 is 0 Å². The van der Waals surface area contributed by atoms with E-state index in [0.29, 0.717) is 19.6 Å². The molecule has 118 valence electrons. The molecule has 0 rings (SSSR count). The van der Waals surface area contributed by atoms with E-state index in [2.05, 4.69) is 19.2 Å². The van der Waals surface area contributed by atoms with Crippen LogP contribution in [0.15, 0.2) is 0 Å². The van der Waals surface area contributed by atoms with Crippen molar-refractivity contribution in [3.8, 4) is 0 Å². The van der Waals surface area contributed by atoms with Crippen LogP contribution in [0.3, 0.4) is 0 Å². The molecule has 0 bridgehead atoms. The van der Waals surface area contributed by atoms with E-state index in [1.807, 2.05) is 6.92 Å². The number of hydrogen-bond donors (Lipinski definition) is 2. The Morgan fingerprint density at radius 1 is 1.11 bits per heavy atom. The number of aliphatic hydroxyl groups excluding tert-OH is 1. The first kappa shape index (κ1) is 20.7. The second-order valence-corrected chi connectivity index (χ2v) is 4.50. The molecule has 0 spiro atoms. The van der Waals surface area contributed by atoms with Crippen molar-refractivity contribution in [3.63, 3.8) is 0 Å². The monoisotopic (exact) mass is 277 g/mol. The highest BCUT2D eigenvalue weighted by Crippen LogP contribution is 1.98. The number of ether oxygens (including phenoxy) is 1. The molecule has 0 aromatic heterocycles. The Bertz CT molecular complexity index is 181. The Balaban J connectivity index is -0.000000657. The quantitative estimate of drug-likeness (QED) is 0.570. The second-order valence-electron chi connectivity index (χ2n) is 4.50. The van der Waals surface area contributed by atoms with Gasteiger partial charge in [-0.2, -0.15) is 0 Å². The molecule has 0 atom stereocenters. The maximum atomic E-state index is 11.3. The highest BCUT2D eigenvalue weighted by Gasteiger charge is 1.99. The summed E-state index contributed by atoms with van der Waals surface area (Å²) in [5, 5.41) is 11.4. The zero-order valence-corrected chi connectivity index (χ0v) is 13.0. The summed E-state index contributed by atoms with van der Waals surface area (Å²) < 4.78 is 5.15. The maximum absolute atomic E-state index is 11.3. The van der Waals surface area contributed by atoms with Gasteiger partial charge >= 0.3 is 0 Å². The standard InChI is InChI=1S/C12H25NO3.C3H8.H2/c1-2-16-11-7-8-12(15)13-9-5-3-4-6-10-14;1-3-2;/h14H,2-11H2,1H3,(H,13,15);3H2,1-2H3;1H. The van der Waals surface area contributed by atoms with E-state index in [4.69, 9.17) is 9.84 Å². The van der Waals surface area contributed by atoms with Crippen molar-refractivity contribution in [2.75, 3.05) is 26.4 Å². The van der Waals surface area contributed by atoms with E-state index in [1.54, 1.807) is 0 Å². The lowest BCUT2D eigenvalue weighted by Crippen LogP contribution is -2.24. The average molecular weight is 277 g/mol. The predicted octanol–water partition coefficient (Wildman–Crippen LogP) is 3.13.